The first-order valence-corrected chi connectivity index (χ1v) is 3.65. The van der Waals surface area contributed by atoms with Crippen molar-refractivity contribution in [3.63, 3.8) is 0 Å². The Labute approximate surface area is 57.3 Å². The number of hydrogen-bond acceptors (Lipinski definition) is 0. The molecule has 0 aromatic rings. The van der Waals surface area contributed by atoms with Crippen LogP contribution in [0.25, 0.3) is 0 Å². The molecule has 0 N–H and O–H groups in total. The van der Waals surface area contributed by atoms with E-state index in [-0.39, 0.29) is 0 Å². The first-order valence-electron chi connectivity index (χ1n) is 3.65. The van der Waals surface area contributed by atoms with Crippen molar-refractivity contribution < 1.29 is 0 Å². The summed E-state index contributed by atoms with van der Waals surface area (Å²) < 4.78 is 0. The van der Waals surface area contributed by atoms with E-state index in [9.17, 15) is 0 Å². The van der Waals surface area contributed by atoms with Crippen molar-refractivity contribution in [3.8, 4) is 0 Å². The fourth-order valence-electron chi connectivity index (χ4n) is 0.938. The van der Waals surface area contributed by atoms with Crippen molar-refractivity contribution in [1.29, 1.82) is 0 Å². The maximum Gasteiger partial charge on any atom is 0.00441 e. The van der Waals surface area contributed by atoms with E-state index in [1.54, 1.807) is 0 Å². The Morgan fingerprint density at radius 3 is 1.89 bits per heavy atom. The Morgan fingerprint density at radius 2 is 1.33 bits per heavy atom. The highest BCUT2D eigenvalue weighted by molar-refractivity contribution is 5.08. The monoisotopic (exact) mass is 121 g/mol. The molecule has 1 rings (SSSR count). The average molecular weight is 121 g/mol. The van der Waals surface area contributed by atoms with Gasteiger partial charge in [0.15, 0.2) is 0 Å². The van der Waals surface area contributed by atoms with Crippen LogP contribution in [0.2, 0.25) is 0 Å². The van der Waals surface area contributed by atoms with Gasteiger partial charge in [0, 0.05) is 6.42 Å². The summed E-state index contributed by atoms with van der Waals surface area (Å²) in [5.41, 5.74) is 0. The van der Waals surface area contributed by atoms with Gasteiger partial charge < -0.3 is 0 Å². The van der Waals surface area contributed by atoms with Gasteiger partial charge in [-0.15, -0.1) is 0 Å². The van der Waals surface area contributed by atoms with Crippen LogP contribution >= 0.6 is 0 Å². The molecule has 1 aliphatic carbocycles. The zero-order valence-corrected chi connectivity index (χ0v) is 5.72. The molecule has 0 aromatic carbocycles. The van der Waals surface area contributed by atoms with Gasteiger partial charge in [0.25, 0.3) is 0 Å². The highest BCUT2D eigenvalue weighted by atomic mass is 13.9. The molecule has 0 atom stereocenters. The van der Waals surface area contributed by atoms with Gasteiger partial charge >= 0.3 is 0 Å². The third-order valence-electron chi connectivity index (χ3n) is 1.49. The molecule has 0 heteroatoms. The van der Waals surface area contributed by atoms with Gasteiger partial charge in [0.05, 0.1) is 0 Å². The Kier molecular flexibility index (Phi) is 3.20. The van der Waals surface area contributed by atoms with Crippen LogP contribution in [0.4, 0.5) is 0 Å². The predicted octanol–water partition coefficient (Wildman–Crippen LogP) is 2.88. The van der Waals surface area contributed by atoms with E-state index in [4.69, 9.17) is 0 Å². The summed E-state index contributed by atoms with van der Waals surface area (Å²) in [6, 6.07) is 0. The van der Waals surface area contributed by atoms with E-state index in [1.807, 2.05) is 0 Å². The van der Waals surface area contributed by atoms with Crippen molar-refractivity contribution in [2.45, 2.75) is 25.7 Å². The van der Waals surface area contributed by atoms with Gasteiger partial charge in [-0.1, -0.05) is 24.3 Å². The standard InChI is InChI=1S/C9H13/c1-2-4-6-8-9-7-5-3-1/h1-5H,6-9H2. The molecule has 0 nitrogen and oxygen atoms in total. The summed E-state index contributed by atoms with van der Waals surface area (Å²) in [6.07, 6.45) is 16.0. The molecule has 0 unspecified atom stereocenters. The summed E-state index contributed by atoms with van der Waals surface area (Å²) in [6.45, 7) is 0. The maximum atomic E-state index is 2.23. The third kappa shape index (κ3) is 3.12. The van der Waals surface area contributed by atoms with Crippen molar-refractivity contribution in [2.24, 2.45) is 0 Å². The quantitative estimate of drug-likeness (QED) is 0.462. The van der Waals surface area contributed by atoms with Gasteiger partial charge in [0.2, 0.25) is 0 Å². The Bertz CT molecular complexity index is 95.2. The molecule has 0 heterocycles. The molecular weight excluding hydrogens is 108 g/mol. The second-order valence-corrected chi connectivity index (χ2v) is 2.33. The first-order chi connectivity index (χ1) is 4.50. The van der Waals surface area contributed by atoms with Gasteiger partial charge in [-0.2, -0.15) is 0 Å². The minimum absolute atomic E-state index is 1.25. The van der Waals surface area contributed by atoms with Crippen LogP contribution in [0, 0.1) is 6.42 Å². The fraction of sp³-hybridized carbons (Fsp3) is 0.444. The highest BCUT2D eigenvalue weighted by Gasteiger charge is 1.85. The zero-order valence-electron chi connectivity index (χ0n) is 5.72. The summed E-state index contributed by atoms with van der Waals surface area (Å²) >= 11 is 0. The lowest BCUT2D eigenvalue weighted by Crippen LogP contribution is -1.69. The van der Waals surface area contributed by atoms with Crippen LogP contribution in [-0.2, 0) is 0 Å². The summed E-state index contributed by atoms with van der Waals surface area (Å²) in [5.74, 6) is 0. The molecule has 1 radical (unpaired) electrons. The van der Waals surface area contributed by atoms with Crippen LogP contribution in [0.3, 0.4) is 0 Å². The molecule has 0 bridgehead atoms. The SMILES string of the molecule is [CH]1C=CCCCCC=C1. The van der Waals surface area contributed by atoms with Crippen molar-refractivity contribution in [2.75, 3.05) is 0 Å². The Morgan fingerprint density at radius 1 is 0.778 bits per heavy atom. The van der Waals surface area contributed by atoms with Gasteiger partial charge in [-0.25, -0.2) is 0 Å². The molecule has 9 heavy (non-hydrogen) atoms. The minimum atomic E-state index is 1.25. The number of hydrogen-bond donors (Lipinski definition) is 0. The average Bonchev–Trinajstić information content (AvgIpc) is 2.00. The van der Waals surface area contributed by atoms with Gasteiger partial charge in [-0.3, -0.25) is 0 Å². The molecule has 0 spiro atoms. The molecule has 0 saturated heterocycles. The molecule has 0 saturated carbocycles. The molecule has 49 valence electrons. The van der Waals surface area contributed by atoms with Crippen molar-refractivity contribution >= 4 is 0 Å². The molecule has 0 fully saturated rings. The van der Waals surface area contributed by atoms with E-state index in [0.717, 1.165) is 0 Å². The van der Waals surface area contributed by atoms with E-state index in [0.29, 0.717) is 0 Å². The van der Waals surface area contributed by atoms with Gasteiger partial charge in [0.1, 0.15) is 0 Å². The summed E-state index contributed by atoms with van der Waals surface area (Å²) in [5, 5.41) is 0. The van der Waals surface area contributed by atoms with E-state index < -0.39 is 0 Å². The molecule has 0 aromatic heterocycles. The first kappa shape index (κ1) is 6.60. The second kappa shape index (κ2) is 4.37. The number of rotatable bonds is 0. The topological polar surface area (TPSA) is 0 Å². The van der Waals surface area contributed by atoms with Crippen molar-refractivity contribution in [1.82, 2.24) is 0 Å². The lowest BCUT2D eigenvalue weighted by molar-refractivity contribution is 0.764. The van der Waals surface area contributed by atoms with Crippen LogP contribution in [0.5, 0.6) is 0 Å². The van der Waals surface area contributed by atoms with Gasteiger partial charge in [-0.05, 0) is 25.7 Å². The molecular formula is C9H13. The Hall–Kier alpha value is -0.520. The summed E-state index contributed by atoms with van der Waals surface area (Å²) in [7, 11) is 0. The van der Waals surface area contributed by atoms with Crippen LogP contribution in [0.15, 0.2) is 24.3 Å². The normalized spacial score (nSPS) is 20.4. The third-order valence-corrected chi connectivity index (χ3v) is 1.49. The van der Waals surface area contributed by atoms with Crippen LogP contribution < -0.4 is 0 Å². The van der Waals surface area contributed by atoms with E-state index in [1.165, 1.54) is 25.7 Å². The summed E-state index contributed by atoms with van der Waals surface area (Å²) in [4.78, 5) is 0. The highest BCUT2D eigenvalue weighted by Crippen LogP contribution is 2.04. The smallest absolute Gasteiger partial charge is 0.00441 e. The minimum Gasteiger partial charge on any atom is -0.0879 e. The second-order valence-electron chi connectivity index (χ2n) is 2.33. The lowest BCUT2D eigenvalue weighted by Gasteiger charge is -1.89. The predicted molar refractivity (Wildman–Crippen MR) is 41.0 cm³/mol. The fourth-order valence-corrected chi connectivity index (χ4v) is 0.938. The zero-order chi connectivity index (χ0) is 6.36. The van der Waals surface area contributed by atoms with Crippen LogP contribution in [0.1, 0.15) is 25.7 Å². The van der Waals surface area contributed by atoms with Crippen LogP contribution in [-0.4, -0.2) is 0 Å². The van der Waals surface area contributed by atoms with E-state index in [2.05, 4.69) is 30.7 Å². The molecule has 1 aliphatic rings. The maximum absolute atomic E-state index is 2.23. The molecule has 0 aliphatic heterocycles. The van der Waals surface area contributed by atoms with Crippen molar-refractivity contribution in [3.05, 3.63) is 30.7 Å². The largest absolute Gasteiger partial charge is 0.0879 e. The van der Waals surface area contributed by atoms with E-state index >= 15 is 0 Å². The lowest BCUT2D eigenvalue weighted by atomic mass is 10.2. The molecule has 0 amide bonds. The number of allylic oxidation sites excluding steroid dienone is 4. The Balaban J connectivity index is 2.28.